The van der Waals surface area contributed by atoms with Gasteiger partial charge in [-0.2, -0.15) is 0 Å². The van der Waals surface area contributed by atoms with E-state index in [1.165, 1.54) is 0 Å². The third kappa shape index (κ3) is 4.79. The molecular weight excluding hydrogens is 308 g/mol. The minimum absolute atomic E-state index is 0.0253. The molecule has 0 aliphatic rings. The van der Waals surface area contributed by atoms with Crippen molar-refractivity contribution in [2.24, 2.45) is 0 Å². The first-order chi connectivity index (χ1) is 11.0. The third-order valence-corrected chi connectivity index (χ3v) is 3.69. The number of anilines is 1. The number of Topliss-reactive ketones (excluding diaryl/α,β-unsaturated/α-hetero) is 1. The van der Waals surface area contributed by atoms with Crippen molar-refractivity contribution in [3.05, 3.63) is 59.7 Å². The zero-order chi connectivity index (χ0) is 16.8. The summed E-state index contributed by atoms with van der Waals surface area (Å²) in [5, 5.41) is 6.83. The van der Waals surface area contributed by atoms with Crippen LogP contribution in [0.3, 0.4) is 0 Å². The average Bonchev–Trinajstić information content (AvgIpc) is 2.55. The van der Waals surface area contributed by atoms with E-state index in [9.17, 15) is 4.79 Å². The van der Waals surface area contributed by atoms with Crippen LogP contribution in [0.15, 0.2) is 48.5 Å². The van der Waals surface area contributed by atoms with E-state index in [1.54, 1.807) is 26.2 Å². The largest absolute Gasteiger partial charge is 0.497 e. The third-order valence-electron chi connectivity index (χ3n) is 3.47. The van der Waals surface area contributed by atoms with Crippen molar-refractivity contribution in [3.63, 3.8) is 0 Å². The Hall–Kier alpha value is -2.40. The lowest BCUT2D eigenvalue weighted by Crippen LogP contribution is -2.30. The zero-order valence-corrected chi connectivity index (χ0v) is 14.2. The Bertz CT molecular complexity index is 716. The van der Waals surface area contributed by atoms with Gasteiger partial charge in [-0.1, -0.05) is 24.3 Å². The van der Waals surface area contributed by atoms with Crippen molar-refractivity contribution < 1.29 is 9.53 Å². The molecule has 1 atom stereocenters. The van der Waals surface area contributed by atoms with Gasteiger partial charge in [0.05, 0.1) is 13.2 Å². The van der Waals surface area contributed by atoms with Gasteiger partial charge in [0.15, 0.2) is 10.9 Å². The molecule has 0 aliphatic carbocycles. The molecule has 4 nitrogen and oxygen atoms in total. The average molecular weight is 328 g/mol. The predicted octanol–water partition coefficient (Wildman–Crippen LogP) is 3.95. The molecule has 0 spiro atoms. The lowest BCUT2D eigenvalue weighted by atomic mass is 10.1. The molecule has 2 aromatic carbocycles. The monoisotopic (exact) mass is 328 g/mol. The second-order valence-electron chi connectivity index (χ2n) is 5.23. The lowest BCUT2D eigenvalue weighted by Gasteiger charge is -2.18. The summed E-state index contributed by atoms with van der Waals surface area (Å²) >= 11 is 5.34. The van der Waals surface area contributed by atoms with Crippen LogP contribution in [0.4, 0.5) is 5.69 Å². The molecule has 2 rings (SSSR count). The molecule has 0 fully saturated rings. The summed E-state index contributed by atoms with van der Waals surface area (Å²) in [7, 11) is 1.64. The highest BCUT2D eigenvalue weighted by Crippen LogP contribution is 2.19. The van der Waals surface area contributed by atoms with Crippen molar-refractivity contribution in [3.8, 4) is 5.75 Å². The van der Waals surface area contributed by atoms with Gasteiger partial charge in [0.25, 0.3) is 0 Å². The van der Waals surface area contributed by atoms with Gasteiger partial charge < -0.3 is 15.4 Å². The van der Waals surface area contributed by atoms with Gasteiger partial charge in [-0.15, -0.1) is 0 Å². The number of thiocarbonyl (C=S) groups is 1. The fourth-order valence-electron chi connectivity index (χ4n) is 2.17. The number of rotatable bonds is 5. The maximum Gasteiger partial charge on any atom is 0.171 e. The van der Waals surface area contributed by atoms with Gasteiger partial charge in [0.2, 0.25) is 0 Å². The Morgan fingerprint density at radius 1 is 1.17 bits per heavy atom. The number of methoxy groups -OCH3 is 1. The number of ketones is 1. The molecule has 5 heteroatoms. The normalized spacial score (nSPS) is 11.4. The Labute approximate surface area is 141 Å². The molecule has 0 aliphatic heterocycles. The Kier molecular flexibility index (Phi) is 5.71. The first kappa shape index (κ1) is 17.0. The number of carbonyl (C=O) groups excluding carboxylic acids is 1. The summed E-state index contributed by atoms with van der Waals surface area (Å²) in [5.74, 6) is 0.835. The number of carbonyl (C=O) groups is 1. The van der Waals surface area contributed by atoms with Crippen LogP contribution in [-0.4, -0.2) is 18.0 Å². The second kappa shape index (κ2) is 7.74. The fraction of sp³-hybridized carbons (Fsp3) is 0.222. The summed E-state index contributed by atoms with van der Waals surface area (Å²) in [5.41, 5.74) is 2.51. The molecular formula is C18H20N2O2S. The Balaban J connectivity index is 2.01. The predicted molar refractivity (Wildman–Crippen MR) is 97.2 cm³/mol. The minimum Gasteiger partial charge on any atom is -0.497 e. The first-order valence-corrected chi connectivity index (χ1v) is 7.73. The van der Waals surface area contributed by atoms with Crippen LogP contribution in [0.2, 0.25) is 0 Å². The molecule has 1 unspecified atom stereocenters. The van der Waals surface area contributed by atoms with E-state index in [-0.39, 0.29) is 11.8 Å². The minimum atomic E-state index is 0.0253. The number of nitrogens with one attached hydrogen (secondary N) is 2. The second-order valence-corrected chi connectivity index (χ2v) is 5.64. The zero-order valence-electron chi connectivity index (χ0n) is 13.4. The maximum absolute atomic E-state index is 11.4. The van der Waals surface area contributed by atoms with Gasteiger partial charge in [-0.3, -0.25) is 4.79 Å². The molecule has 0 radical (unpaired) electrons. The van der Waals surface area contributed by atoms with Crippen LogP contribution in [0, 0.1) is 0 Å². The van der Waals surface area contributed by atoms with Crippen LogP contribution in [0.25, 0.3) is 0 Å². The van der Waals surface area contributed by atoms with Crippen LogP contribution < -0.4 is 15.4 Å². The summed E-state index contributed by atoms with van der Waals surface area (Å²) in [6.07, 6.45) is 0. The first-order valence-electron chi connectivity index (χ1n) is 7.32. The van der Waals surface area contributed by atoms with E-state index in [1.807, 2.05) is 43.3 Å². The number of benzene rings is 2. The summed E-state index contributed by atoms with van der Waals surface area (Å²) in [4.78, 5) is 11.4. The SMILES string of the molecule is COc1cccc(C(C)NC(=S)Nc2cccc(C(C)=O)c2)c1. The van der Waals surface area contributed by atoms with Gasteiger partial charge in [-0.05, 0) is 55.9 Å². The van der Waals surface area contributed by atoms with E-state index in [0.29, 0.717) is 10.7 Å². The number of hydrogen-bond acceptors (Lipinski definition) is 3. The number of hydrogen-bond donors (Lipinski definition) is 2. The van der Waals surface area contributed by atoms with E-state index < -0.39 is 0 Å². The Morgan fingerprint density at radius 2 is 1.91 bits per heavy atom. The summed E-state index contributed by atoms with van der Waals surface area (Å²) in [6.45, 7) is 3.56. The quantitative estimate of drug-likeness (QED) is 0.643. The smallest absolute Gasteiger partial charge is 0.171 e. The van der Waals surface area contributed by atoms with Crippen molar-refractivity contribution >= 4 is 28.8 Å². The molecule has 120 valence electrons. The van der Waals surface area contributed by atoms with Crippen LogP contribution in [-0.2, 0) is 0 Å². The molecule has 2 aromatic rings. The summed E-state index contributed by atoms with van der Waals surface area (Å²) < 4.78 is 5.23. The molecule has 0 saturated carbocycles. The Morgan fingerprint density at radius 3 is 2.61 bits per heavy atom. The molecule has 0 amide bonds. The molecule has 0 saturated heterocycles. The van der Waals surface area contributed by atoms with Gasteiger partial charge in [0, 0.05) is 11.3 Å². The lowest BCUT2D eigenvalue weighted by molar-refractivity contribution is 0.101. The van der Waals surface area contributed by atoms with Crippen LogP contribution in [0.1, 0.15) is 35.8 Å². The van der Waals surface area contributed by atoms with E-state index in [2.05, 4.69) is 10.6 Å². The standard InChI is InChI=1S/C18H20N2O2S/c1-12(14-6-5-9-17(11-14)22-3)19-18(23)20-16-8-4-7-15(10-16)13(2)21/h4-12H,1-3H3,(H2,19,20,23). The van der Waals surface area contributed by atoms with E-state index in [4.69, 9.17) is 17.0 Å². The topological polar surface area (TPSA) is 50.4 Å². The number of ether oxygens (including phenoxy) is 1. The van der Waals surface area contributed by atoms with Crippen molar-refractivity contribution in [1.82, 2.24) is 5.32 Å². The van der Waals surface area contributed by atoms with Crippen LogP contribution >= 0.6 is 12.2 Å². The van der Waals surface area contributed by atoms with Crippen molar-refractivity contribution in [2.45, 2.75) is 19.9 Å². The highest BCUT2D eigenvalue weighted by Gasteiger charge is 2.09. The van der Waals surface area contributed by atoms with Gasteiger partial charge in [0.1, 0.15) is 5.75 Å². The van der Waals surface area contributed by atoms with Gasteiger partial charge in [-0.25, -0.2) is 0 Å². The van der Waals surface area contributed by atoms with E-state index in [0.717, 1.165) is 17.0 Å². The fourth-order valence-corrected chi connectivity index (χ4v) is 2.47. The van der Waals surface area contributed by atoms with Crippen molar-refractivity contribution in [2.75, 3.05) is 12.4 Å². The summed E-state index contributed by atoms with van der Waals surface area (Å²) in [6, 6.07) is 15.1. The van der Waals surface area contributed by atoms with Gasteiger partial charge >= 0.3 is 0 Å². The highest BCUT2D eigenvalue weighted by molar-refractivity contribution is 7.80. The molecule has 23 heavy (non-hydrogen) atoms. The maximum atomic E-state index is 11.4. The highest BCUT2D eigenvalue weighted by atomic mass is 32.1. The molecule has 0 aromatic heterocycles. The van der Waals surface area contributed by atoms with Crippen LogP contribution in [0.5, 0.6) is 5.75 Å². The van der Waals surface area contributed by atoms with Crippen molar-refractivity contribution in [1.29, 1.82) is 0 Å². The molecule has 2 N–H and O–H groups in total. The van der Waals surface area contributed by atoms with E-state index >= 15 is 0 Å². The molecule has 0 bridgehead atoms. The molecule has 0 heterocycles.